The molecule has 0 aliphatic carbocycles. The summed E-state index contributed by atoms with van der Waals surface area (Å²) >= 11 is 5.29. The molecule has 0 radical (unpaired) electrons. The van der Waals surface area contributed by atoms with Gasteiger partial charge < -0.3 is 4.98 Å². The molecule has 0 atom stereocenters. The summed E-state index contributed by atoms with van der Waals surface area (Å²) < 4.78 is 0.637. The second-order valence-electron chi connectivity index (χ2n) is 6.11. The minimum atomic E-state index is -0.0392. The average molecular weight is 272 g/mol. The van der Waals surface area contributed by atoms with Crippen molar-refractivity contribution >= 4 is 12.2 Å². The quantitative estimate of drug-likeness (QED) is 0.761. The first-order valence-corrected chi connectivity index (χ1v) is 6.87. The Kier molecular flexibility index (Phi) is 3.59. The Morgan fingerprint density at radius 1 is 1.00 bits per heavy atom. The van der Waals surface area contributed by atoms with Crippen LogP contribution in [-0.4, -0.2) is 9.97 Å². The minimum absolute atomic E-state index is 0.0392. The van der Waals surface area contributed by atoms with Gasteiger partial charge >= 0.3 is 0 Å². The monoisotopic (exact) mass is 272 g/mol. The summed E-state index contributed by atoms with van der Waals surface area (Å²) in [4.78, 5) is 7.85. The zero-order valence-corrected chi connectivity index (χ0v) is 13.0. The summed E-state index contributed by atoms with van der Waals surface area (Å²) in [5.41, 5.74) is 4.67. The third kappa shape index (κ3) is 3.29. The molecule has 1 aromatic heterocycles. The highest BCUT2D eigenvalue weighted by Gasteiger charge is 2.17. The van der Waals surface area contributed by atoms with Gasteiger partial charge in [0.15, 0.2) is 0 Å². The van der Waals surface area contributed by atoms with Gasteiger partial charge in [0, 0.05) is 11.1 Å². The van der Waals surface area contributed by atoms with Crippen LogP contribution in [-0.2, 0) is 5.41 Å². The number of hydrogen-bond donors (Lipinski definition) is 1. The second-order valence-corrected chi connectivity index (χ2v) is 6.53. The van der Waals surface area contributed by atoms with E-state index in [4.69, 9.17) is 12.2 Å². The lowest BCUT2D eigenvalue weighted by molar-refractivity contribution is 0.545. The molecule has 2 rings (SSSR count). The van der Waals surface area contributed by atoms with E-state index in [1.165, 1.54) is 11.1 Å². The summed E-state index contributed by atoms with van der Waals surface area (Å²) in [6, 6.07) is 8.43. The molecule has 0 bridgehead atoms. The SMILES string of the molecule is Cc1cc(C)cc(-c2cc(=S)nc(C(C)(C)C)[nH]2)c1. The maximum Gasteiger partial charge on any atom is 0.130 e. The molecule has 0 amide bonds. The lowest BCUT2D eigenvalue weighted by Crippen LogP contribution is -2.16. The summed E-state index contributed by atoms with van der Waals surface area (Å²) in [5.74, 6) is 0.925. The number of aromatic nitrogens is 2. The van der Waals surface area contributed by atoms with Gasteiger partial charge in [-0.25, -0.2) is 4.98 Å². The predicted molar refractivity (Wildman–Crippen MR) is 83.0 cm³/mol. The first kappa shape index (κ1) is 13.9. The largest absolute Gasteiger partial charge is 0.343 e. The standard InChI is InChI=1S/C16H20N2S/c1-10-6-11(2)8-12(7-10)13-9-14(19)18-15(17-13)16(3,4)5/h6-9H,1-5H3,(H,17,18,19). The first-order chi connectivity index (χ1) is 8.75. The van der Waals surface area contributed by atoms with Gasteiger partial charge in [0.1, 0.15) is 10.5 Å². The Hall–Kier alpha value is -1.48. The van der Waals surface area contributed by atoms with Crippen molar-refractivity contribution in [3.05, 3.63) is 45.9 Å². The van der Waals surface area contributed by atoms with Crippen LogP contribution in [0.5, 0.6) is 0 Å². The fraction of sp³-hybridized carbons (Fsp3) is 0.375. The number of benzene rings is 1. The van der Waals surface area contributed by atoms with Gasteiger partial charge in [-0.15, -0.1) is 0 Å². The van der Waals surface area contributed by atoms with Crippen molar-refractivity contribution in [2.45, 2.75) is 40.0 Å². The molecule has 0 spiro atoms. The van der Waals surface area contributed by atoms with Crippen molar-refractivity contribution in [3.8, 4) is 11.3 Å². The molecule has 1 heterocycles. The van der Waals surface area contributed by atoms with Crippen LogP contribution >= 0.6 is 12.2 Å². The van der Waals surface area contributed by atoms with E-state index in [-0.39, 0.29) is 5.41 Å². The maximum absolute atomic E-state index is 5.29. The van der Waals surface area contributed by atoms with Crippen molar-refractivity contribution in [2.24, 2.45) is 0 Å². The number of rotatable bonds is 1. The molecule has 3 heteroatoms. The third-order valence-corrected chi connectivity index (χ3v) is 3.20. The number of aryl methyl sites for hydroxylation is 2. The summed E-state index contributed by atoms with van der Waals surface area (Å²) in [7, 11) is 0. The normalized spacial score (nSPS) is 11.6. The van der Waals surface area contributed by atoms with E-state index in [1.807, 2.05) is 6.07 Å². The van der Waals surface area contributed by atoms with Gasteiger partial charge in [-0.1, -0.05) is 50.2 Å². The van der Waals surface area contributed by atoms with Crippen LogP contribution in [0.3, 0.4) is 0 Å². The Balaban J connectivity index is 2.63. The third-order valence-electron chi connectivity index (χ3n) is 2.99. The van der Waals surface area contributed by atoms with Crippen LogP contribution in [0.4, 0.5) is 0 Å². The highest BCUT2D eigenvalue weighted by atomic mass is 32.1. The van der Waals surface area contributed by atoms with Gasteiger partial charge in [-0.05, 0) is 37.6 Å². The molecular weight excluding hydrogens is 252 g/mol. The van der Waals surface area contributed by atoms with Crippen LogP contribution in [0.25, 0.3) is 11.3 Å². The lowest BCUT2D eigenvalue weighted by atomic mass is 9.95. The second kappa shape index (κ2) is 4.89. The highest BCUT2D eigenvalue weighted by molar-refractivity contribution is 7.71. The maximum atomic E-state index is 5.29. The molecule has 0 saturated carbocycles. The molecule has 2 nitrogen and oxygen atoms in total. The highest BCUT2D eigenvalue weighted by Crippen LogP contribution is 2.24. The Bertz CT molecular complexity index is 643. The molecule has 0 aliphatic heterocycles. The molecule has 2 aromatic rings. The smallest absolute Gasteiger partial charge is 0.130 e. The summed E-state index contributed by atoms with van der Waals surface area (Å²) in [6.45, 7) is 10.6. The fourth-order valence-electron chi connectivity index (χ4n) is 2.10. The van der Waals surface area contributed by atoms with E-state index in [2.05, 4.69) is 62.8 Å². The molecule has 0 fully saturated rings. The molecule has 19 heavy (non-hydrogen) atoms. The van der Waals surface area contributed by atoms with E-state index < -0.39 is 0 Å². The van der Waals surface area contributed by atoms with Crippen molar-refractivity contribution in [1.29, 1.82) is 0 Å². The molecule has 1 N–H and O–H groups in total. The molecule has 100 valence electrons. The Morgan fingerprint density at radius 3 is 2.11 bits per heavy atom. The van der Waals surface area contributed by atoms with Crippen LogP contribution < -0.4 is 0 Å². The zero-order chi connectivity index (χ0) is 14.2. The molecule has 1 aromatic carbocycles. The molecule has 0 aliphatic rings. The van der Waals surface area contributed by atoms with E-state index in [1.54, 1.807) is 0 Å². The lowest BCUT2D eigenvalue weighted by Gasteiger charge is -2.18. The van der Waals surface area contributed by atoms with Gasteiger partial charge in [-0.3, -0.25) is 0 Å². The van der Waals surface area contributed by atoms with Gasteiger partial charge in [0.05, 0.1) is 0 Å². The first-order valence-electron chi connectivity index (χ1n) is 6.46. The number of nitrogens with one attached hydrogen (secondary N) is 1. The zero-order valence-electron chi connectivity index (χ0n) is 12.2. The van der Waals surface area contributed by atoms with Gasteiger partial charge in [-0.2, -0.15) is 0 Å². The minimum Gasteiger partial charge on any atom is -0.343 e. The van der Waals surface area contributed by atoms with Crippen molar-refractivity contribution < 1.29 is 0 Å². The molecule has 0 unspecified atom stereocenters. The van der Waals surface area contributed by atoms with Crippen LogP contribution in [0.1, 0.15) is 37.7 Å². The van der Waals surface area contributed by atoms with E-state index >= 15 is 0 Å². The number of nitrogens with zero attached hydrogens (tertiary/aromatic N) is 1. The average Bonchev–Trinajstić information content (AvgIpc) is 2.25. The molecular formula is C16H20N2S. The number of hydrogen-bond acceptors (Lipinski definition) is 2. The predicted octanol–water partition coefficient (Wildman–Crippen LogP) is 4.72. The topological polar surface area (TPSA) is 28.7 Å². The van der Waals surface area contributed by atoms with E-state index in [0.717, 1.165) is 17.1 Å². The van der Waals surface area contributed by atoms with Crippen LogP contribution in [0, 0.1) is 18.5 Å². The number of aromatic amines is 1. The van der Waals surface area contributed by atoms with Crippen LogP contribution in [0.15, 0.2) is 24.3 Å². The van der Waals surface area contributed by atoms with Crippen molar-refractivity contribution in [1.82, 2.24) is 9.97 Å². The van der Waals surface area contributed by atoms with Crippen molar-refractivity contribution in [3.63, 3.8) is 0 Å². The van der Waals surface area contributed by atoms with E-state index in [0.29, 0.717) is 4.64 Å². The summed E-state index contributed by atoms with van der Waals surface area (Å²) in [6.07, 6.45) is 0. The molecule has 0 saturated heterocycles. The van der Waals surface area contributed by atoms with Crippen LogP contribution in [0.2, 0.25) is 0 Å². The van der Waals surface area contributed by atoms with Crippen molar-refractivity contribution in [2.75, 3.05) is 0 Å². The summed E-state index contributed by atoms with van der Waals surface area (Å²) in [5, 5.41) is 0. The van der Waals surface area contributed by atoms with E-state index in [9.17, 15) is 0 Å². The Morgan fingerprint density at radius 2 is 1.58 bits per heavy atom. The van der Waals surface area contributed by atoms with Gasteiger partial charge in [0.2, 0.25) is 0 Å². The fourth-order valence-corrected chi connectivity index (χ4v) is 2.31. The Labute approximate surface area is 119 Å². The van der Waals surface area contributed by atoms with Gasteiger partial charge in [0.25, 0.3) is 0 Å². The number of H-pyrrole nitrogens is 1.